The zero-order chi connectivity index (χ0) is 12.4. The van der Waals surface area contributed by atoms with Gasteiger partial charge in [-0.05, 0) is 32.4 Å². The van der Waals surface area contributed by atoms with Gasteiger partial charge in [0.25, 0.3) is 0 Å². The predicted octanol–water partition coefficient (Wildman–Crippen LogP) is 1.75. The molecule has 0 radical (unpaired) electrons. The first-order chi connectivity index (χ1) is 8.83. The van der Waals surface area contributed by atoms with Crippen LogP contribution >= 0.6 is 0 Å². The van der Waals surface area contributed by atoms with Gasteiger partial charge in [0, 0.05) is 30.8 Å². The molecule has 18 heavy (non-hydrogen) atoms. The van der Waals surface area contributed by atoms with E-state index in [1.165, 1.54) is 18.4 Å². The maximum atomic E-state index is 5.63. The molecule has 0 aromatic carbocycles. The fourth-order valence-electron chi connectivity index (χ4n) is 2.43. The van der Waals surface area contributed by atoms with Gasteiger partial charge in [-0.1, -0.05) is 0 Å². The standard InChI is InChI=1S/C14H22N2O2/c1-16(13-5-6-17-10-13)9-14-11(4-7-18-14)8-15-12-2-3-12/h4,7,12-13,15H,2-3,5-6,8-10H2,1H3. The van der Waals surface area contributed by atoms with Crippen molar-refractivity contribution in [2.45, 2.75) is 44.4 Å². The predicted molar refractivity (Wildman–Crippen MR) is 69.3 cm³/mol. The largest absolute Gasteiger partial charge is 0.468 e. The third-order valence-electron chi connectivity index (χ3n) is 3.92. The molecule has 2 fully saturated rings. The molecule has 0 spiro atoms. The molecule has 1 saturated carbocycles. The number of hydrogen-bond acceptors (Lipinski definition) is 4. The van der Waals surface area contributed by atoms with Gasteiger partial charge in [-0.3, -0.25) is 4.90 Å². The molecule has 2 aliphatic rings. The molecule has 3 rings (SSSR count). The lowest BCUT2D eigenvalue weighted by Gasteiger charge is -2.22. The second kappa shape index (κ2) is 5.43. The van der Waals surface area contributed by atoms with Crippen molar-refractivity contribution in [1.82, 2.24) is 10.2 Å². The molecule has 1 N–H and O–H groups in total. The molecule has 1 unspecified atom stereocenters. The van der Waals surface area contributed by atoms with Crippen LogP contribution in [-0.4, -0.2) is 37.2 Å². The number of ether oxygens (including phenoxy) is 1. The number of nitrogens with zero attached hydrogens (tertiary/aromatic N) is 1. The Hall–Kier alpha value is -0.840. The van der Waals surface area contributed by atoms with E-state index in [9.17, 15) is 0 Å². The Kier molecular flexibility index (Phi) is 3.68. The summed E-state index contributed by atoms with van der Waals surface area (Å²) in [5.41, 5.74) is 1.30. The van der Waals surface area contributed by atoms with Crippen LogP contribution in [0.2, 0.25) is 0 Å². The highest BCUT2D eigenvalue weighted by Crippen LogP contribution is 2.21. The van der Waals surface area contributed by atoms with Gasteiger partial charge < -0.3 is 14.5 Å². The molecule has 0 bridgehead atoms. The van der Waals surface area contributed by atoms with Crippen molar-refractivity contribution in [3.05, 3.63) is 23.7 Å². The number of furan rings is 1. The molecule has 1 saturated heterocycles. The number of nitrogens with one attached hydrogen (secondary N) is 1. The van der Waals surface area contributed by atoms with Crippen LogP contribution in [0.5, 0.6) is 0 Å². The summed E-state index contributed by atoms with van der Waals surface area (Å²) in [6, 6.07) is 3.37. The van der Waals surface area contributed by atoms with E-state index in [1.54, 1.807) is 6.26 Å². The summed E-state index contributed by atoms with van der Waals surface area (Å²) in [6.45, 7) is 3.56. The van der Waals surface area contributed by atoms with Gasteiger partial charge in [-0.2, -0.15) is 0 Å². The zero-order valence-corrected chi connectivity index (χ0v) is 11.0. The van der Waals surface area contributed by atoms with Crippen LogP contribution < -0.4 is 5.32 Å². The van der Waals surface area contributed by atoms with Crippen LogP contribution in [0, 0.1) is 0 Å². The Morgan fingerprint density at radius 2 is 2.28 bits per heavy atom. The Bertz CT molecular complexity index is 381. The zero-order valence-electron chi connectivity index (χ0n) is 11.0. The Morgan fingerprint density at radius 1 is 1.39 bits per heavy atom. The highest BCUT2D eigenvalue weighted by molar-refractivity contribution is 5.17. The fourth-order valence-corrected chi connectivity index (χ4v) is 2.43. The van der Waals surface area contributed by atoms with Gasteiger partial charge in [-0.15, -0.1) is 0 Å². The smallest absolute Gasteiger partial charge is 0.122 e. The van der Waals surface area contributed by atoms with Crippen molar-refractivity contribution >= 4 is 0 Å². The van der Waals surface area contributed by atoms with E-state index in [4.69, 9.17) is 9.15 Å². The Labute approximate surface area is 108 Å². The van der Waals surface area contributed by atoms with E-state index in [-0.39, 0.29) is 0 Å². The van der Waals surface area contributed by atoms with Crippen LogP contribution in [0.3, 0.4) is 0 Å². The first-order valence-corrected chi connectivity index (χ1v) is 6.89. The average Bonchev–Trinajstić information content (AvgIpc) is 2.88. The molecule has 4 nitrogen and oxygen atoms in total. The highest BCUT2D eigenvalue weighted by atomic mass is 16.5. The maximum absolute atomic E-state index is 5.63. The quantitative estimate of drug-likeness (QED) is 0.834. The molecule has 4 heteroatoms. The van der Waals surface area contributed by atoms with Gasteiger partial charge in [0.15, 0.2) is 0 Å². The molecule has 1 aliphatic carbocycles. The highest BCUT2D eigenvalue weighted by Gasteiger charge is 2.23. The molecular weight excluding hydrogens is 228 g/mol. The second-order valence-electron chi connectivity index (χ2n) is 5.46. The van der Waals surface area contributed by atoms with Gasteiger partial charge in [0.2, 0.25) is 0 Å². The van der Waals surface area contributed by atoms with Crippen LogP contribution in [-0.2, 0) is 17.8 Å². The molecule has 1 aromatic rings. The minimum Gasteiger partial charge on any atom is -0.468 e. The monoisotopic (exact) mass is 250 g/mol. The molecule has 0 amide bonds. The summed E-state index contributed by atoms with van der Waals surface area (Å²) >= 11 is 0. The van der Waals surface area contributed by atoms with Crippen molar-refractivity contribution in [1.29, 1.82) is 0 Å². The van der Waals surface area contributed by atoms with Crippen molar-refractivity contribution < 1.29 is 9.15 Å². The average molecular weight is 250 g/mol. The SMILES string of the molecule is CN(Cc1occc1CNC1CC1)C1CCOC1. The number of likely N-dealkylation sites (N-methyl/N-ethyl adjacent to an activating group) is 1. The van der Waals surface area contributed by atoms with E-state index in [0.29, 0.717) is 6.04 Å². The van der Waals surface area contributed by atoms with E-state index in [2.05, 4.69) is 23.3 Å². The van der Waals surface area contributed by atoms with E-state index in [0.717, 1.165) is 44.5 Å². The Morgan fingerprint density at radius 3 is 3.00 bits per heavy atom. The first-order valence-electron chi connectivity index (χ1n) is 6.89. The summed E-state index contributed by atoms with van der Waals surface area (Å²) in [5, 5.41) is 3.54. The van der Waals surface area contributed by atoms with E-state index >= 15 is 0 Å². The molecular formula is C14H22N2O2. The molecule has 2 heterocycles. The normalized spacial score (nSPS) is 24.0. The van der Waals surface area contributed by atoms with Crippen LogP contribution in [0.15, 0.2) is 16.7 Å². The lowest BCUT2D eigenvalue weighted by Crippen LogP contribution is -2.31. The lowest BCUT2D eigenvalue weighted by molar-refractivity contribution is 0.151. The van der Waals surface area contributed by atoms with Gasteiger partial charge >= 0.3 is 0 Å². The minimum absolute atomic E-state index is 0.541. The summed E-state index contributed by atoms with van der Waals surface area (Å²) < 4.78 is 11.1. The van der Waals surface area contributed by atoms with E-state index < -0.39 is 0 Å². The second-order valence-corrected chi connectivity index (χ2v) is 5.46. The van der Waals surface area contributed by atoms with Crippen molar-refractivity contribution in [2.24, 2.45) is 0 Å². The van der Waals surface area contributed by atoms with E-state index in [1.807, 2.05) is 0 Å². The van der Waals surface area contributed by atoms with Crippen LogP contribution in [0.25, 0.3) is 0 Å². The first kappa shape index (κ1) is 12.2. The van der Waals surface area contributed by atoms with Crippen molar-refractivity contribution in [3.8, 4) is 0 Å². The van der Waals surface area contributed by atoms with Gasteiger partial charge in [0.05, 0.1) is 19.4 Å². The third kappa shape index (κ3) is 2.94. The fraction of sp³-hybridized carbons (Fsp3) is 0.714. The summed E-state index contributed by atoms with van der Waals surface area (Å²) in [7, 11) is 2.15. The lowest BCUT2D eigenvalue weighted by atomic mass is 10.2. The van der Waals surface area contributed by atoms with Crippen molar-refractivity contribution in [3.63, 3.8) is 0 Å². The van der Waals surface area contributed by atoms with Crippen LogP contribution in [0.1, 0.15) is 30.6 Å². The summed E-state index contributed by atoms with van der Waals surface area (Å²) in [6.07, 6.45) is 5.59. The maximum Gasteiger partial charge on any atom is 0.122 e. The molecule has 100 valence electrons. The van der Waals surface area contributed by atoms with Crippen LogP contribution in [0.4, 0.5) is 0 Å². The molecule has 1 aromatic heterocycles. The molecule has 1 atom stereocenters. The topological polar surface area (TPSA) is 37.6 Å². The van der Waals surface area contributed by atoms with Crippen molar-refractivity contribution in [2.75, 3.05) is 20.3 Å². The van der Waals surface area contributed by atoms with Gasteiger partial charge in [-0.25, -0.2) is 0 Å². The minimum atomic E-state index is 0.541. The number of rotatable bonds is 6. The summed E-state index contributed by atoms with van der Waals surface area (Å²) in [5.74, 6) is 1.09. The van der Waals surface area contributed by atoms with Gasteiger partial charge in [0.1, 0.15) is 5.76 Å². The third-order valence-corrected chi connectivity index (χ3v) is 3.92. The summed E-state index contributed by atoms with van der Waals surface area (Å²) in [4.78, 5) is 2.34. The number of hydrogen-bond donors (Lipinski definition) is 1. The Balaban J connectivity index is 1.55. The molecule has 1 aliphatic heterocycles.